The zero-order chi connectivity index (χ0) is 11.3. The topological polar surface area (TPSA) is 35.5 Å². The quantitative estimate of drug-likeness (QED) is 0.801. The highest BCUT2D eigenvalue weighted by Crippen LogP contribution is 2.26. The maximum Gasteiger partial charge on any atom is 0.308 e. The molecule has 82 valence electrons. The number of benzene rings is 1. The van der Waals surface area contributed by atoms with Crippen molar-refractivity contribution in [2.75, 3.05) is 13.7 Å². The molecule has 0 aromatic heterocycles. The normalized spacial score (nSPS) is 9.80. The molecule has 0 bridgehead atoms. The molecule has 3 nitrogen and oxygen atoms in total. The Morgan fingerprint density at radius 2 is 2.27 bits per heavy atom. The van der Waals surface area contributed by atoms with Crippen LogP contribution in [0.4, 0.5) is 0 Å². The van der Waals surface area contributed by atoms with E-state index in [-0.39, 0.29) is 19.0 Å². The first kappa shape index (κ1) is 12.3. The lowest BCUT2D eigenvalue weighted by molar-refractivity contribution is -0.141. The van der Waals surface area contributed by atoms with Crippen LogP contribution in [0.15, 0.2) is 22.7 Å². The maximum atomic E-state index is 10.8. The second-order valence-electron chi connectivity index (χ2n) is 2.75. The van der Waals surface area contributed by atoms with Gasteiger partial charge in [-0.15, -0.1) is 0 Å². The Kier molecular flexibility index (Phi) is 4.91. The molecule has 0 N–H and O–H groups in total. The second-order valence-corrected chi connectivity index (χ2v) is 4.01. The van der Waals surface area contributed by atoms with E-state index in [0.29, 0.717) is 10.8 Å². The molecule has 1 aromatic carbocycles. The van der Waals surface area contributed by atoms with Gasteiger partial charge in [0.1, 0.15) is 5.75 Å². The minimum atomic E-state index is -0.293. The molecule has 0 spiro atoms. The summed E-state index contributed by atoms with van der Waals surface area (Å²) in [6.45, 7) is 0.282. The summed E-state index contributed by atoms with van der Waals surface area (Å²) < 4.78 is 10.6. The molecule has 0 saturated carbocycles. The van der Waals surface area contributed by atoms with Gasteiger partial charge in [-0.2, -0.15) is 0 Å². The molecular formula is C10H10BrClO3. The van der Waals surface area contributed by atoms with E-state index >= 15 is 0 Å². The molecule has 15 heavy (non-hydrogen) atoms. The predicted molar refractivity (Wildman–Crippen MR) is 61.3 cm³/mol. The van der Waals surface area contributed by atoms with Gasteiger partial charge in [0.2, 0.25) is 0 Å². The number of carbonyl (C=O) groups is 1. The van der Waals surface area contributed by atoms with Gasteiger partial charge in [0.15, 0.2) is 0 Å². The maximum absolute atomic E-state index is 10.8. The minimum absolute atomic E-state index is 0.226. The summed E-state index contributed by atoms with van der Waals surface area (Å²) in [5, 5.41) is 0.575. The van der Waals surface area contributed by atoms with Crippen molar-refractivity contribution in [3.63, 3.8) is 0 Å². The highest BCUT2D eigenvalue weighted by atomic mass is 79.9. The van der Waals surface area contributed by atoms with Crippen LogP contribution in [-0.4, -0.2) is 19.7 Å². The molecule has 1 aromatic rings. The van der Waals surface area contributed by atoms with Crippen molar-refractivity contribution < 1.29 is 14.3 Å². The van der Waals surface area contributed by atoms with Gasteiger partial charge in [0.25, 0.3) is 0 Å². The molecule has 0 amide bonds. The van der Waals surface area contributed by atoms with E-state index in [9.17, 15) is 4.79 Å². The highest BCUT2D eigenvalue weighted by molar-refractivity contribution is 9.10. The zero-order valence-electron chi connectivity index (χ0n) is 8.13. The van der Waals surface area contributed by atoms with Gasteiger partial charge >= 0.3 is 5.97 Å². The lowest BCUT2D eigenvalue weighted by atomic mass is 10.3. The summed E-state index contributed by atoms with van der Waals surface area (Å²) in [5.41, 5.74) is 0. The standard InChI is InChI=1S/C10H10BrClO3/c1-14-10(13)4-5-15-7-2-3-8(11)9(12)6-7/h2-3,6H,4-5H2,1H3. The first-order chi connectivity index (χ1) is 7.13. The molecule has 0 aliphatic rings. The molecule has 5 heteroatoms. The van der Waals surface area contributed by atoms with Crippen molar-refractivity contribution in [1.82, 2.24) is 0 Å². The Balaban J connectivity index is 2.44. The lowest BCUT2D eigenvalue weighted by Crippen LogP contribution is -2.07. The van der Waals surface area contributed by atoms with Gasteiger partial charge < -0.3 is 9.47 Å². The monoisotopic (exact) mass is 292 g/mol. The van der Waals surface area contributed by atoms with Crippen LogP contribution in [-0.2, 0) is 9.53 Å². The molecule has 1 rings (SSSR count). The zero-order valence-corrected chi connectivity index (χ0v) is 10.5. The smallest absolute Gasteiger partial charge is 0.308 e. The van der Waals surface area contributed by atoms with E-state index in [4.69, 9.17) is 16.3 Å². The van der Waals surface area contributed by atoms with Gasteiger partial charge in [-0.25, -0.2) is 0 Å². The van der Waals surface area contributed by atoms with Crippen LogP contribution >= 0.6 is 27.5 Å². The van der Waals surface area contributed by atoms with Crippen LogP contribution in [0, 0.1) is 0 Å². The lowest BCUT2D eigenvalue weighted by Gasteiger charge is -2.06. The van der Waals surface area contributed by atoms with Crippen LogP contribution in [0.5, 0.6) is 5.75 Å². The number of halogens is 2. The number of rotatable bonds is 4. The molecule has 0 radical (unpaired) electrons. The molecule has 0 atom stereocenters. The number of hydrogen-bond acceptors (Lipinski definition) is 3. The first-order valence-corrected chi connectivity index (χ1v) is 5.45. The van der Waals surface area contributed by atoms with E-state index < -0.39 is 0 Å². The third-order valence-electron chi connectivity index (χ3n) is 1.69. The Bertz CT molecular complexity index is 355. The number of hydrogen-bond donors (Lipinski definition) is 0. The molecule has 0 fully saturated rings. The largest absolute Gasteiger partial charge is 0.493 e. The van der Waals surface area contributed by atoms with Crippen LogP contribution in [0.25, 0.3) is 0 Å². The molecular weight excluding hydrogens is 283 g/mol. The fourth-order valence-electron chi connectivity index (χ4n) is 0.921. The van der Waals surface area contributed by atoms with E-state index in [0.717, 1.165) is 4.47 Å². The van der Waals surface area contributed by atoms with E-state index in [1.165, 1.54) is 7.11 Å². The fourth-order valence-corrected chi connectivity index (χ4v) is 1.34. The number of esters is 1. The van der Waals surface area contributed by atoms with E-state index in [2.05, 4.69) is 20.7 Å². The van der Waals surface area contributed by atoms with E-state index in [1.54, 1.807) is 18.2 Å². The van der Waals surface area contributed by atoms with Gasteiger partial charge in [-0.05, 0) is 34.1 Å². The molecule has 0 aliphatic carbocycles. The summed E-state index contributed by atoms with van der Waals surface area (Å²) in [4.78, 5) is 10.8. The second kappa shape index (κ2) is 5.98. The van der Waals surface area contributed by atoms with E-state index in [1.807, 2.05) is 0 Å². The van der Waals surface area contributed by atoms with Gasteiger partial charge in [0.05, 0.1) is 25.2 Å². The first-order valence-electron chi connectivity index (χ1n) is 4.28. The van der Waals surface area contributed by atoms with Crippen molar-refractivity contribution in [3.8, 4) is 5.75 Å². The summed E-state index contributed by atoms with van der Waals surface area (Å²) >= 11 is 9.13. The van der Waals surface area contributed by atoms with Crippen LogP contribution < -0.4 is 4.74 Å². The number of methoxy groups -OCH3 is 1. The summed E-state index contributed by atoms with van der Waals surface area (Å²) in [5.74, 6) is 0.338. The summed E-state index contributed by atoms with van der Waals surface area (Å²) in [6, 6.07) is 5.24. The summed E-state index contributed by atoms with van der Waals surface area (Å²) in [6.07, 6.45) is 0.226. The van der Waals surface area contributed by atoms with Crippen molar-refractivity contribution in [3.05, 3.63) is 27.7 Å². The fraction of sp³-hybridized carbons (Fsp3) is 0.300. The van der Waals surface area contributed by atoms with Crippen LogP contribution in [0.2, 0.25) is 5.02 Å². The van der Waals surface area contributed by atoms with Crippen LogP contribution in [0.1, 0.15) is 6.42 Å². The third kappa shape index (κ3) is 4.10. The van der Waals surface area contributed by atoms with Gasteiger partial charge in [-0.1, -0.05) is 11.6 Å². The van der Waals surface area contributed by atoms with Crippen molar-refractivity contribution in [2.24, 2.45) is 0 Å². The SMILES string of the molecule is COC(=O)CCOc1ccc(Br)c(Cl)c1. The molecule has 0 unspecified atom stereocenters. The van der Waals surface area contributed by atoms with Crippen molar-refractivity contribution in [2.45, 2.75) is 6.42 Å². The average molecular weight is 294 g/mol. The number of ether oxygens (including phenoxy) is 2. The predicted octanol–water partition coefficient (Wildman–Crippen LogP) is 3.04. The van der Waals surface area contributed by atoms with Crippen LogP contribution in [0.3, 0.4) is 0 Å². The van der Waals surface area contributed by atoms with Crippen molar-refractivity contribution in [1.29, 1.82) is 0 Å². The Hall–Kier alpha value is -0.740. The molecule has 0 heterocycles. The highest BCUT2D eigenvalue weighted by Gasteiger charge is 2.02. The Morgan fingerprint density at radius 3 is 2.87 bits per heavy atom. The number of carbonyl (C=O) groups excluding carboxylic acids is 1. The minimum Gasteiger partial charge on any atom is -0.493 e. The Morgan fingerprint density at radius 1 is 1.53 bits per heavy atom. The van der Waals surface area contributed by atoms with Crippen molar-refractivity contribution >= 4 is 33.5 Å². The summed E-state index contributed by atoms with van der Waals surface area (Å²) in [7, 11) is 1.35. The van der Waals surface area contributed by atoms with Gasteiger partial charge in [0, 0.05) is 4.47 Å². The third-order valence-corrected chi connectivity index (χ3v) is 2.93. The molecule has 0 aliphatic heterocycles. The molecule has 0 saturated heterocycles. The van der Waals surface area contributed by atoms with Gasteiger partial charge in [-0.3, -0.25) is 4.79 Å². The average Bonchev–Trinajstić information content (AvgIpc) is 2.23. The Labute approximate surface area is 101 Å².